The molecule has 0 spiro atoms. The zero-order valence-corrected chi connectivity index (χ0v) is 18.9. The molecule has 3 heteroatoms. The highest BCUT2D eigenvalue weighted by atomic mass is 28.4. The van der Waals surface area contributed by atoms with E-state index in [4.69, 9.17) is 4.12 Å². The van der Waals surface area contributed by atoms with Crippen molar-refractivity contribution in [3.8, 4) is 0 Å². The van der Waals surface area contributed by atoms with Gasteiger partial charge in [-0.15, -0.1) is 0 Å². The van der Waals surface area contributed by atoms with Gasteiger partial charge in [0.25, 0.3) is 0 Å². The zero-order valence-electron chi connectivity index (χ0n) is 16.9. The highest BCUT2D eigenvalue weighted by Gasteiger charge is 2.24. The highest BCUT2D eigenvalue weighted by molar-refractivity contribution is 6.83. The van der Waals surface area contributed by atoms with Gasteiger partial charge in [0.2, 0.25) is 0 Å². The molecule has 1 aliphatic carbocycles. The van der Waals surface area contributed by atoms with Crippen LogP contribution in [0.4, 0.5) is 0 Å². The molecule has 0 unspecified atom stereocenters. The van der Waals surface area contributed by atoms with Crippen LogP contribution in [-0.2, 0) is 4.12 Å². The maximum absolute atomic E-state index is 5.90. The molecule has 1 saturated carbocycles. The molecule has 1 aromatic rings. The predicted octanol–water partition coefficient (Wildman–Crippen LogP) is 7.25. The van der Waals surface area contributed by atoms with E-state index in [0.29, 0.717) is 0 Å². The Hall–Kier alpha value is -0.386. The minimum atomic E-state index is -1.23. The van der Waals surface area contributed by atoms with Crippen LogP contribution >= 0.6 is 0 Å². The van der Waals surface area contributed by atoms with Gasteiger partial charge >= 0.3 is 0 Å². The molecule has 0 radical (unpaired) electrons. The maximum Gasteiger partial charge on any atom is 0.170 e. The molecule has 1 fully saturated rings. The molecule has 0 saturated heterocycles. The first-order chi connectivity index (χ1) is 10.5. The Kier molecular flexibility index (Phi) is 11.0. The van der Waals surface area contributed by atoms with Crippen molar-refractivity contribution in [3.05, 3.63) is 35.9 Å². The molecule has 2 rings (SSSR count). The van der Waals surface area contributed by atoms with Crippen molar-refractivity contribution >= 4 is 16.6 Å². The van der Waals surface area contributed by atoms with E-state index in [9.17, 15) is 0 Å². The van der Waals surface area contributed by atoms with Crippen molar-refractivity contribution < 1.29 is 4.12 Å². The Morgan fingerprint density at radius 1 is 0.783 bits per heavy atom. The van der Waals surface area contributed by atoms with Crippen LogP contribution in [-0.4, -0.2) is 16.6 Å². The summed E-state index contributed by atoms with van der Waals surface area (Å²) in [5.41, 5.74) is 1.32. The van der Waals surface area contributed by atoms with Crippen LogP contribution in [0.3, 0.4) is 0 Å². The summed E-state index contributed by atoms with van der Waals surface area (Å²) in [7, 11) is -2.46. The van der Waals surface area contributed by atoms with Crippen LogP contribution in [0.1, 0.15) is 44.6 Å². The fourth-order valence-corrected chi connectivity index (χ4v) is 10.1. The second-order valence-corrected chi connectivity index (χ2v) is 18.0. The molecule has 134 valence electrons. The maximum atomic E-state index is 5.90. The average molecular weight is 353 g/mol. The van der Waals surface area contributed by atoms with E-state index in [2.05, 4.69) is 65.3 Å². The van der Waals surface area contributed by atoms with E-state index < -0.39 is 16.6 Å². The third-order valence-corrected chi connectivity index (χ3v) is 8.35. The van der Waals surface area contributed by atoms with Gasteiger partial charge in [-0.25, -0.2) is 0 Å². The van der Waals surface area contributed by atoms with Gasteiger partial charge in [0, 0.05) is 0 Å². The molecule has 0 heterocycles. The summed E-state index contributed by atoms with van der Waals surface area (Å²) in [6.45, 7) is 17.9. The molecule has 0 amide bonds. The van der Waals surface area contributed by atoms with Gasteiger partial charge in [-0.1, -0.05) is 74.9 Å². The fourth-order valence-electron chi connectivity index (χ4n) is 2.76. The fraction of sp³-hybridized carbons (Fsp3) is 0.700. The number of rotatable bonds is 2. The second kappa shape index (κ2) is 11.2. The lowest BCUT2D eigenvalue weighted by molar-refractivity contribution is 0.385. The van der Waals surface area contributed by atoms with Crippen molar-refractivity contribution in [1.82, 2.24) is 0 Å². The van der Waals surface area contributed by atoms with Gasteiger partial charge in [-0.3, -0.25) is 0 Å². The van der Waals surface area contributed by atoms with Crippen molar-refractivity contribution in [3.63, 3.8) is 0 Å². The smallest absolute Gasteiger partial charge is 0.170 e. The SMILES string of the molecule is CC1CCCCC1.C[Si](C)(C)O[Si](C)(C)C.Cc1ccccc1. The minimum Gasteiger partial charge on any atom is -0.456 e. The van der Waals surface area contributed by atoms with E-state index in [0.717, 1.165) is 5.92 Å². The Morgan fingerprint density at radius 2 is 1.22 bits per heavy atom. The van der Waals surface area contributed by atoms with Gasteiger partial charge in [0.15, 0.2) is 16.6 Å². The third-order valence-electron chi connectivity index (χ3n) is 3.45. The molecule has 0 aromatic heterocycles. The number of hydrogen-bond donors (Lipinski definition) is 0. The molecule has 0 bridgehead atoms. The lowest BCUT2D eigenvalue weighted by atomic mass is 9.91. The summed E-state index contributed by atoms with van der Waals surface area (Å²) in [4.78, 5) is 0. The van der Waals surface area contributed by atoms with Crippen molar-refractivity contribution in [2.24, 2.45) is 5.92 Å². The molecular weight excluding hydrogens is 312 g/mol. The predicted molar refractivity (Wildman–Crippen MR) is 111 cm³/mol. The summed E-state index contributed by atoms with van der Waals surface area (Å²) >= 11 is 0. The van der Waals surface area contributed by atoms with Gasteiger partial charge in [-0.05, 0) is 52.1 Å². The van der Waals surface area contributed by atoms with Crippen LogP contribution in [0.2, 0.25) is 39.3 Å². The quantitative estimate of drug-likeness (QED) is 0.509. The average Bonchev–Trinajstić information content (AvgIpc) is 2.37. The van der Waals surface area contributed by atoms with E-state index in [-0.39, 0.29) is 0 Å². The monoisotopic (exact) mass is 352 g/mol. The standard InChI is InChI=1S/C7H14.C7H8.C6H18OSi2/c2*1-7-5-3-2-4-6-7;1-8(2,3)7-9(4,5)6/h7H,2-6H2,1H3;2-6H,1H3;1-6H3. The van der Waals surface area contributed by atoms with Crippen molar-refractivity contribution in [2.75, 3.05) is 0 Å². The van der Waals surface area contributed by atoms with E-state index >= 15 is 0 Å². The topological polar surface area (TPSA) is 9.23 Å². The summed E-state index contributed by atoms with van der Waals surface area (Å²) in [5.74, 6) is 1.04. The highest BCUT2D eigenvalue weighted by Crippen LogP contribution is 2.22. The van der Waals surface area contributed by atoms with Crippen LogP contribution in [0.5, 0.6) is 0 Å². The largest absolute Gasteiger partial charge is 0.456 e. The summed E-state index contributed by atoms with van der Waals surface area (Å²) in [6.07, 6.45) is 7.44. The molecule has 1 aromatic carbocycles. The number of hydrogen-bond acceptors (Lipinski definition) is 1. The Labute approximate surface area is 148 Å². The molecule has 23 heavy (non-hydrogen) atoms. The lowest BCUT2D eigenvalue weighted by Crippen LogP contribution is -2.39. The van der Waals surface area contributed by atoms with Crippen LogP contribution < -0.4 is 0 Å². The van der Waals surface area contributed by atoms with Gasteiger partial charge in [0.05, 0.1) is 0 Å². The van der Waals surface area contributed by atoms with Crippen molar-refractivity contribution in [2.45, 2.75) is 85.2 Å². The third kappa shape index (κ3) is 17.8. The minimum absolute atomic E-state index is 1.04. The van der Waals surface area contributed by atoms with Crippen molar-refractivity contribution in [1.29, 1.82) is 0 Å². The van der Waals surface area contributed by atoms with Gasteiger partial charge in [-0.2, -0.15) is 0 Å². The van der Waals surface area contributed by atoms with Crippen LogP contribution in [0.25, 0.3) is 0 Å². The molecule has 0 N–H and O–H groups in total. The molecule has 1 aliphatic rings. The lowest BCUT2D eigenvalue weighted by Gasteiger charge is -2.27. The second-order valence-electron chi connectivity index (χ2n) is 8.72. The first kappa shape index (κ1) is 22.6. The summed E-state index contributed by atoms with van der Waals surface area (Å²) in [6, 6.07) is 10.3. The molecular formula is C20H40OSi2. The van der Waals surface area contributed by atoms with E-state index in [1.807, 2.05) is 18.2 Å². The Bertz CT molecular complexity index is 372. The molecule has 1 nitrogen and oxygen atoms in total. The normalized spacial score (nSPS) is 15.8. The van der Waals surface area contributed by atoms with E-state index in [1.54, 1.807) is 0 Å². The van der Waals surface area contributed by atoms with E-state index in [1.165, 1.54) is 37.7 Å². The Balaban J connectivity index is 0.000000318. The Morgan fingerprint density at radius 3 is 1.39 bits per heavy atom. The number of aryl methyl sites for hydroxylation is 1. The first-order valence-corrected chi connectivity index (χ1v) is 16.0. The molecule has 0 atom stereocenters. The number of benzene rings is 1. The van der Waals surface area contributed by atoms with Crippen LogP contribution in [0.15, 0.2) is 30.3 Å². The van der Waals surface area contributed by atoms with Gasteiger partial charge < -0.3 is 4.12 Å². The summed E-state index contributed by atoms with van der Waals surface area (Å²) in [5, 5.41) is 0. The summed E-state index contributed by atoms with van der Waals surface area (Å²) < 4.78 is 5.90. The first-order valence-electron chi connectivity index (χ1n) is 9.21. The molecule has 0 aliphatic heterocycles. The zero-order chi connectivity index (χ0) is 17.9. The van der Waals surface area contributed by atoms with Gasteiger partial charge in [0.1, 0.15) is 0 Å². The van der Waals surface area contributed by atoms with Crippen LogP contribution in [0, 0.1) is 12.8 Å².